The van der Waals surface area contributed by atoms with Crippen molar-refractivity contribution in [3.05, 3.63) is 82.2 Å². The van der Waals surface area contributed by atoms with Gasteiger partial charge in [-0.15, -0.1) is 11.8 Å². The summed E-state index contributed by atoms with van der Waals surface area (Å²) in [6.45, 7) is 8.60. The second-order valence-corrected chi connectivity index (χ2v) is 20.8. The van der Waals surface area contributed by atoms with E-state index in [4.69, 9.17) is 66.3 Å². The van der Waals surface area contributed by atoms with Crippen LogP contribution in [0.5, 0.6) is 0 Å². The molecular formula is C53H69N3O21S. The van der Waals surface area contributed by atoms with Gasteiger partial charge in [0.25, 0.3) is 0 Å². The van der Waals surface area contributed by atoms with Gasteiger partial charge in [-0.2, -0.15) is 0 Å². The van der Waals surface area contributed by atoms with Crippen LogP contribution in [0.3, 0.4) is 0 Å². The summed E-state index contributed by atoms with van der Waals surface area (Å²) in [5.41, 5.74) is 9.19. The van der Waals surface area contributed by atoms with Crippen LogP contribution in [0, 0.1) is 0 Å². The van der Waals surface area contributed by atoms with Gasteiger partial charge in [0.15, 0.2) is 36.7 Å². The largest absolute Gasteiger partial charge is 0.469 e. The summed E-state index contributed by atoms with van der Waals surface area (Å²) < 4.78 is 85.9. The number of azide groups is 1. The molecule has 0 spiro atoms. The Morgan fingerprint density at radius 2 is 1.13 bits per heavy atom. The Hall–Kier alpha value is -5.89. The molecule has 0 radical (unpaired) electrons. The Labute approximate surface area is 455 Å². The summed E-state index contributed by atoms with van der Waals surface area (Å²) in [5, 5.41) is 3.32. The van der Waals surface area contributed by atoms with Gasteiger partial charge in [-0.1, -0.05) is 67.2 Å². The zero-order chi connectivity index (χ0) is 56.5. The lowest BCUT2D eigenvalue weighted by Crippen LogP contribution is -2.66. The summed E-state index contributed by atoms with van der Waals surface area (Å²) >= 11 is 1.06. The van der Waals surface area contributed by atoms with Gasteiger partial charge in [0.05, 0.1) is 18.2 Å². The van der Waals surface area contributed by atoms with Crippen molar-refractivity contribution in [1.82, 2.24) is 0 Å². The molecule has 0 N–H and O–H groups in total. The number of nitrogens with zero attached hydrogens (tertiary/aromatic N) is 3. The first kappa shape index (κ1) is 61.3. The molecule has 25 heteroatoms. The van der Waals surface area contributed by atoms with Crippen LogP contribution in [0.1, 0.15) is 114 Å². The molecule has 4 heterocycles. The molecule has 0 bridgehead atoms. The van der Waals surface area contributed by atoms with Crippen LogP contribution in [0.4, 0.5) is 0 Å². The maximum absolute atomic E-state index is 13.6. The number of fused-ring (bicyclic) bond motifs is 1. The normalized spacial score (nSPS) is 30.0. The fraction of sp³-hybridized carbons (Fsp3) is 0.642. The van der Waals surface area contributed by atoms with Crippen LogP contribution >= 0.6 is 11.8 Å². The Morgan fingerprint density at radius 3 is 1.71 bits per heavy atom. The highest BCUT2D eigenvalue weighted by Gasteiger charge is 2.61. The highest BCUT2D eigenvalue weighted by atomic mass is 32.2. The third kappa shape index (κ3) is 17.3. The fourth-order valence-corrected chi connectivity index (χ4v) is 10.8. The third-order valence-electron chi connectivity index (χ3n) is 12.8. The SMILES string of the molecule is COC(=O)CCCCCCCCO[C@@H]1O[C@H](COC(=O)c2ccccc2)[C@@H](O[C@@H]2O[C@H](COC(=O)c3ccccc3)[C@@H]3OC(C)(C)O[C@@H]3[C@H]2O[C@@H]2S[C@@H](C)[C@@H](OC(C)=O)[C@@H](OC(C)=O)[C@@H]2OC(C)=O)[C@H](OC(C)=O)[C@H]1N=[N+]=[N-]. The van der Waals surface area contributed by atoms with Crippen molar-refractivity contribution < 1.29 is 99.9 Å². The van der Waals surface area contributed by atoms with E-state index in [0.717, 1.165) is 58.2 Å². The molecule has 2 aromatic carbocycles. The monoisotopic (exact) mass is 1120 g/mol. The lowest BCUT2D eigenvalue weighted by atomic mass is 9.95. The Morgan fingerprint density at radius 1 is 0.615 bits per heavy atom. The van der Waals surface area contributed by atoms with E-state index in [2.05, 4.69) is 10.0 Å². The molecule has 4 aliphatic rings. The molecule has 24 nitrogen and oxygen atoms in total. The maximum atomic E-state index is 13.6. The van der Waals surface area contributed by atoms with E-state index < -0.39 is 145 Å². The number of carbonyl (C=O) groups excluding carboxylic acids is 7. The van der Waals surface area contributed by atoms with Crippen molar-refractivity contribution in [1.29, 1.82) is 0 Å². The van der Waals surface area contributed by atoms with Gasteiger partial charge < -0.3 is 66.3 Å². The Balaban J connectivity index is 1.39. The van der Waals surface area contributed by atoms with Crippen LogP contribution < -0.4 is 0 Å². The molecule has 428 valence electrons. The summed E-state index contributed by atoms with van der Waals surface area (Å²) in [6, 6.07) is 14.8. The number of unbranched alkanes of at least 4 members (excludes halogenated alkanes) is 5. The summed E-state index contributed by atoms with van der Waals surface area (Å²) in [5.74, 6) is -6.21. The van der Waals surface area contributed by atoms with E-state index in [1.807, 2.05) is 0 Å². The van der Waals surface area contributed by atoms with E-state index in [0.29, 0.717) is 19.3 Å². The first-order chi connectivity index (χ1) is 37.3. The van der Waals surface area contributed by atoms with E-state index in [1.165, 1.54) is 14.0 Å². The minimum atomic E-state index is -1.70. The fourth-order valence-electron chi connectivity index (χ4n) is 9.46. The predicted molar refractivity (Wildman–Crippen MR) is 271 cm³/mol. The zero-order valence-corrected chi connectivity index (χ0v) is 45.6. The van der Waals surface area contributed by atoms with Crippen molar-refractivity contribution in [2.75, 3.05) is 26.9 Å². The minimum Gasteiger partial charge on any atom is -0.469 e. The van der Waals surface area contributed by atoms with Gasteiger partial charge in [0.1, 0.15) is 67.4 Å². The van der Waals surface area contributed by atoms with Gasteiger partial charge in [0, 0.05) is 50.9 Å². The number of thioether (sulfide) groups is 1. The number of benzene rings is 2. The van der Waals surface area contributed by atoms with Crippen LogP contribution in [-0.4, -0.2) is 165 Å². The molecule has 0 aromatic heterocycles. The Kier molecular flexibility index (Phi) is 23.1. The standard InChI is InChI=1S/C53H69N3O21S/c1-29-40(68-30(2)57)44(70-32(4)59)47(71-33(5)60)52(78-29)75-46-45-42(76-53(6,7)77-45)37(28-67-49(63)35-23-17-14-18-24-35)73-51(46)74-41-36(27-66-48(62)34-21-15-13-16-22-34)72-50(39(55-56-54)43(41)69-31(3)58)65-26-20-12-10-9-11-19-25-38(61)64-8/h13-18,21-24,29,36-37,39-47,50-52H,9-12,19-20,25-28H2,1-8H3/t29-,36+,37+,39+,40+,41+,42-,43+,44+,45-,46+,47-,50+,51-,52+/m0/s1. The number of esters is 7. The second-order valence-electron chi connectivity index (χ2n) is 19.3. The molecule has 0 unspecified atom stereocenters. The third-order valence-corrected chi connectivity index (χ3v) is 14.2. The van der Waals surface area contributed by atoms with Crippen molar-refractivity contribution in [2.24, 2.45) is 5.11 Å². The molecule has 0 amide bonds. The number of ether oxygens (including phenoxy) is 14. The lowest BCUT2D eigenvalue weighted by Gasteiger charge is -2.49. The van der Waals surface area contributed by atoms with Gasteiger partial charge in [-0.25, -0.2) is 9.59 Å². The van der Waals surface area contributed by atoms with Crippen LogP contribution in [0.2, 0.25) is 0 Å². The molecule has 2 aromatic rings. The maximum Gasteiger partial charge on any atom is 0.338 e. The molecule has 78 heavy (non-hydrogen) atoms. The first-order valence-electron chi connectivity index (χ1n) is 25.8. The van der Waals surface area contributed by atoms with E-state index in [1.54, 1.807) is 81.4 Å². The molecule has 4 aliphatic heterocycles. The molecule has 4 saturated heterocycles. The molecule has 6 rings (SSSR count). The molecule has 4 fully saturated rings. The van der Waals surface area contributed by atoms with E-state index >= 15 is 0 Å². The lowest BCUT2D eigenvalue weighted by molar-refractivity contribution is -0.346. The van der Waals surface area contributed by atoms with E-state index in [9.17, 15) is 39.1 Å². The van der Waals surface area contributed by atoms with Gasteiger partial charge in [-0.05, 0) is 63.4 Å². The van der Waals surface area contributed by atoms with Gasteiger partial charge in [0.2, 0.25) is 0 Å². The summed E-state index contributed by atoms with van der Waals surface area (Å²) in [4.78, 5) is 92.8. The number of hydrogen-bond acceptors (Lipinski definition) is 23. The minimum absolute atomic E-state index is 0.0912. The highest BCUT2D eigenvalue weighted by Crippen LogP contribution is 2.45. The molecule has 15 atom stereocenters. The molecule has 0 aliphatic carbocycles. The average Bonchev–Trinajstić information content (AvgIpc) is 3.76. The van der Waals surface area contributed by atoms with Gasteiger partial charge >= 0.3 is 41.8 Å². The Bertz CT molecular complexity index is 2390. The summed E-state index contributed by atoms with van der Waals surface area (Å²) in [7, 11) is 1.35. The van der Waals surface area contributed by atoms with Crippen LogP contribution in [0.25, 0.3) is 10.4 Å². The first-order valence-corrected chi connectivity index (χ1v) is 26.7. The van der Waals surface area contributed by atoms with Crippen molar-refractivity contribution in [3.8, 4) is 0 Å². The smallest absolute Gasteiger partial charge is 0.338 e. The number of rotatable bonds is 25. The average molecular weight is 1120 g/mol. The zero-order valence-electron chi connectivity index (χ0n) is 44.8. The number of carbonyl (C=O) groups is 7. The van der Waals surface area contributed by atoms with Crippen LogP contribution in [-0.2, 0) is 90.3 Å². The predicted octanol–water partition coefficient (Wildman–Crippen LogP) is 6.23. The van der Waals surface area contributed by atoms with Crippen LogP contribution in [0.15, 0.2) is 65.8 Å². The van der Waals surface area contributed by atoms with Crippen molar-refractivity contribution in [3.63, 3.8) is 0 Å². The topological polar surface area (TPSA) is 297 Å². The highest BCUT2D eigenvalue weighted by molar-refractivity contribution is 8.00. The molecular weight excluding hydrogens is 1050 g/mol. The quantitative estimate of drug-likeness (QED) is 0.0266. The van der Waals surface area contributed by atoms with Crippen molar-refractivity contribution >= 4 is 53.5 Å². The van der Waals surface area contributed by atoms with Gasteiger partial charge in [-0.3, -0.25) is 24.0 Å². The number of methoxy groups -OCH3 is 1. The second kappa shape index (κ2) is 29.4. The molecule has 0 saturated carbocycles. The van der Waals surface area contributed by atoms with E-state index in [-0.39, 0.29) is 23.7 Å². The number of hydrogen-bond donors (Lipinski definition) is 0. The summed E-state index contributed by atoms with van der Waals surface area (Å²) in [6.07, 6.45) is -11.8. The van der Waals surface area contributed by atoms with Crippen molar-refractivity contribution in [2.45, 2.75) is 190 Å².